The average Bonchev–Trinajstić information content (AvgIpc) is 3.23. The lowest BCUT2D eigenvalue weighted by atomic mass is 10.1. The number of benzene rings is 1. The molecule has 2 aromatic heterocycles. The van der Waals surface area contributed by atoms with Crippen molar-refractivity contribution in [2.75, 3.05) is 26.4 Å². The Hall–Kier alpha value is -2.62. The van der Waals surface area contributed by atoms with Crippen molar-refractivity contribution in [1.82, 2.24) is 19.7 Å². The summed E-state index contributed by atoms with van der Waals surface area (Å²) in [6.45, 7) is 9.96. The molecule has 0 saturated carbocycles. The lowest BCUT2D eigenvalue weighted by molar-refractivity contribution is -0.0410. The number of pyridine rings is 1. The number of carbonyl (C=O) groups excluding carboxylic acids is 1. The molecule has 202 valence electrons. The number of nitrogens with zero attached hydrogens (tertiary/aromatic N) is 3. The summed E-state index contributed by atoms with van der Waals surface area (Å²) in [5.74, 6) is 0. The quantitative estimate of drug-likeness (QED) is 0.381. The van der Waals surface area contributed by atoms with Gasteiger partial charge in [0.15, 0.2) is 6.23 Å². The zero-order valence-electron chi connectivity index (χ0n) is 22.1. The first-order chi connectivity index (χ1) is 17.7. The predicted molar refractivity (Wildman–Crippen MR) is 144 cm³/mol. The van der Waals surface area contributed by atoms with Gasteiger partial charge in [-0.3, -0.25) is 4.79 Å². The molecule has 4 rings (SSSR count). The van der Waals surface area contributed by atoms with E-state index in [4.69, 9.17) is 30.9 Å². The molecule has 1 atom stereocenters. The number of amides is 1. The zero-order valence-corrected chi connectivity index (χ0v) is 22.9. The van der Waals surface area contributed by atoms with Crippen molar-refractivity contribution < 1.29 is 19.0 Å². The van der Waals surface area contributed by atoms with Gasteiger partial charge in [-0.15, -0.1) is 0 Å². The molecule has 1 amide bonds. The topological polar surface area (TPSA) is 96.6 Å². The van der Waals surface area contributed by atoms with Crippen molar-refractivity contribution in [2.24, 2.45) is 0 Å². The summed E-state index contributed by atoms with van der Waals surface area (Å²) in [5, 5.41) is 9.66. The molecular formula is C27H37ClN4O5. The van der Waals surface area contributed by atoms with Crippen molar-refractivity contribution in [3.63, 3.8) is 0 Å². The van der Waals surface area contributed by atoms with E-state index in [2.05, 4.69) is 5.32 Å². The van der Waals surface area contributed by atoms with Gasteiger partial charge in [-0.25, -0.2) is 9.48 Å². The second kappa shape index (κ2) is 11.8. The van der Waals surface area contributed by atoms with Crippen LogP contribution in [0.15, 0.2) is 23.0 Å². The first kappa shape index (κ1) is 27.4. The second-order valence-corrected chi connectivity index (χ2v) is 10.7. The van der Waals surface area contributed by atoms with Crippen LogP contribution in [-0.4, -0.2) is 52.4 Å². The van der Waals surface area contributed by atoms with Crippen molar-refractivity contribution in [1.29, 1.82) is 0 Å². The minimum absolute atomic E-state index is 0.115. The summed E-state index contributed by atoms with van der Waals surface area (Å²) in [7, 11) is 0. The van der Waals surface area contributed by atoms with Crippen LogP contribution in [0.1, 0.15) is 65.3 Å². The SMILES string of the molecule is CCOCCc1c2c(=O)n(CCCNC(=O)OC(C)(C)C)c3ccc(Cl)cc3c2nn1C1CCCCO1. The van der Waals surface area contributed by atoms with Crippen LogP contribution in [0.3, 0.4) is 0 Å². The van der Waals surface area contributed by atoms with Crippen LogP contribution < -0.4 is 10.9 Å². The Morgan fingerprint density at radius 3 is 2.81 bits per heavy atom. The fraction of sp³-hybridized carbons (Fsp3) is 0.593. The zero-order chi connectivity index (χ0) is 26.6. The van der Waals surface area contributed by atoms with E-state index in [-0.39, 0.29) is 11.8 Å². The number of hydrogen-bond acceptors (Lipinski definition) is 6. The molecule has 0 aliphatic carbocycles. The monoisotopic (exact) mass is 532 g/mol. The Kier molecular flexibility index (Phi) is 8.77. The van der Waals surface area contributed by atoms with E-state index < -0.39 is 11.7 Å². The van der Waals surface area contributed by atoms with E-state index in [1.807, 2.05) is 44.5 Å². The lowest BCUT2D eigenvalue weighted by Crippen LogP contribution is -2.33. The number of fused-ring (bicyclic) bond motifs is 3. The van der Waals surface area contributed by atoms with Crippen LogP contribution in [0, 0.1) is 0 Å². The smallest absolute Gasteiger partial charge is 0.407 e. The molecule has 0 bridgehead atoms. The molecule has 1 fully saturated rings. The Morgan fingerprint density at radius 1 is 1.30 bits per heavy atom. The molecule has 1 aliphatic heterocycles. The van der Waals surface area contributed by atoms with E-state index in [0.717, 1.165) is 35.9 Å². The Bertz CT molecular complexity index is 1300. The third-order valence-electron chi connectivity index (χ3n) is 6.32. The molecule has 0 spiro atoms. The van der Waals surface area contributed by atoms with E-state index in [0.29, 0.717) is 61.7 Å². The summed E-state index contributed by atoms with van der Waals surface area (Å²) in [4.78, 5) is 26.0. The fourth-order valence-corrected chi connectivity index (χ4v) is 4.90. The van der Waals surface area contributed by atoms with Gasteiger partial charge in [0.25, 0.3) is 5.56 Å². The first-order valence-electron chi connectivity index (χ1n) is 13.1. The summed E-state index contributed by atoms with van der Waals surface area (Å²) < 4.78 is 20.7. The number of alkyl carbamates (subject to hydrolysis) is 1. The van der Waals surface area contributed by atoms with Crippen molar-refractivity contribution >= 4 is 39.5 Å². The Balaban J connectivity index is 1.73. The van der Waals surface area contributed by atoms with Gasteiger partial charge in [-0.1, -0.05) is 11.6 Å². The molecule has 3 heterocycles. The second-order valence-electron chi connectivity index (χ2n) is 10.3. The molecule has 1 N–H and O–H groups in total. The van der Waals surface area contributed by atoms with Gasteiger partial charge in [0.1, 0.15) is 11.1 Å². The summed E-state index contributed by atoms with van der Waals surface area (Å²) >= 11 is 6.40. The number of nitrogens with one attached hydrogen (secondary N) is 1. The molecular weight excluding hydrogens is 496 g/mol. The maximum absolute atomic E-state index is 14.0. The van der Waals surface area contributed by atoms with E-state index >= 15 is 0 Å². The summed E-state index contributed by atoms with van der Waals surface area (Å²) in [5.41, 5.74) is 1.52. The number of hydrogen-bond donors (Lipinski definition) is 1. The number of carbonyl (C=O) groups is 1. The molecule has 10 heteroatoms. The minimum Gasteiger partial charge on any atom is -0.444 e. The van der Waals surface area contributed by atoms with Crippen LogP contribution in [-0.2, 0) is 27.2 Å². The first-order valence-corrected chi connectivity index (χ1v) is 13.5. The maximum Gasteiger partial charge on any atom is 0.407 e. The molecule has 1 unspecified atom stereocenters. The van der Waals surface area contributed by atoms with E-state index in [1.165, 1.54) is 0 Å². The van der Waals surface area contributed by atoms with Gasteiger partial charge in [0, 0.05) is 43.1 Å². The summed E-state index contributed by atoms with van der Waals surface area (Å²) in [6.07, 6.45) is 3.33. The van der Waals surface area contributed by atoms with E-state index in [9.17, 15) is 9.59 Å². The molecule has 1 saturated heterocycles. The number of rotatable bonds is 9. The molecule has 37 heavy (non-hydrogen) atoms. The highest BCUT2D eigenvalue weighted by Gasteiger charge is 2.26. The minimum atomic E-state index is -0.568. The predicted octanol–water partition coefficient (Wildman–Crippen LogP) is 5.20. The standard InChI is InChI=1S/C27H37ClN4O5/c1-5-35-16-12-21-23-24(30-32(21)22-9-6-7-15-36-22)19-17-18(28)10-11-20(19)31(25(23)33)14-8-13-29-26(34)37-27(2,3)4/h10-11,17,22H,5-9,12-16H2,1-4H3,(H,29,34). The van der Waals surface area contributed by atoms with Crippen LogP contribution in [0.25, 0.3) is 21.8 Å². The highest BCUT2D eigenvalue weighted by atomic mass is 35.5. The largest absolute Gasteiger partial charge is 0.444 e. The molecule has 1 aliphatic rings. The van der Waals surface area contributed by atoms with Gasteiger partial charge in [-0.2, -0.15) is 5.10 Å². The number of halogens is 1. The number of aryl methyl sites for hydroxylation is 1. The maximum atomic E-state index is 14.0. The van der Waals surface area contributed by atoms with E-state index in [1.54, 1.807) is 10.6 Å². The highest BCUT2D eigenvalue weighted by Crippen LogP contribution is 2.31. The van der Waals surface area contributed by atoms with Crippen LogP contribution in [0.4, 0.5) is 4.79 Å². The summed E-state index contributed by atoms with van der Waals surface area (Å²) in [6, 6.07) is 5.50. The van der Waals surface area contributed by atoms with Gasteiger partial charge in [0.05, 0.1) is 23.2 Å². The lowest BCUT2D eigenvalue weighted by Gasteiger charge is -2.24. The van der Waals surface area contributed by atoms with Crippen LogP contribution in [0.2, 0.25) is 5.02 Å². The Morgan fingerprint density at radius 2 is 2.11 bits per heavy atom. The molecule has 1 aromatic carbocycles. The molecule has 9 nitrogen and oxygen atoms in total. The van der Waals surface area contributed by atoms with Crippen molar-refractivity contribution in [3.8, 4) is 0 Å². The van der Waals surface area contributed by atoms with Crippen LogP contribution >= 0.6 is 11.6 Å². The van der Waals surface area contributed by atoms with Gasteiger partial charge in [0.2, 0.25) is 0 Å². The van der Waals surface area contributed by atoms with Gasteiger partial charge >= 0.3 is 6.09 Å². The third-order valence-corrected chi connectivity index (χ3v) is 6.55. The molecule has 3 aromatic rings. The van der Waals surface area contributed by atoms with Gasteiger partial charge < -0.3 is 24.1 Å². The third kappa shape index (κ3) is 6.45. The highest BCUT2D eigenvalue weighted by molar-refractivity contribution is 6.31. The van der Waals surface area contributed by atoms with Crippen molar-refractivity contribution in [2.45, 2.75) is 78.2 Å². The van der Waals surface area contributed by atoms with Crippen molar-refractivity contribution in [3.05, 3.63) is 39.3 Å². The molecule has 0 radical (unpaired) electrons. The normalized spacial score (nSPS) is 16.4. The average molecular weight is 533 g/mol. The Labute approximate surface area is 222 Å². The number of aromatic nitrogens is 3. The van der Waals surface area contributed by atoms with Crippen LogP contribution in [0.5, 0.6) is 0 Å². The number of ether oxygens (including phenoxy) is 3. The fourth-order valence-electron chi connectivity index (χ4n) is 4.73. The van der Waals surface area contributed by atoms with Gasteiger partial charge in [-0.05, 0) is 71.6 Å².